The Labute approximate surface area is 168 Å². The van der Waals surface area contributed by atoms with E-state index in [9.17, 15) is 4.79 Å². The second-order valence-electron chi connectivity index (χ2n) is 7.41. The minimum atomic E-state index is -0.977. The number of aromatic nitrogens is 1. The molecule has 0 aliphatic rings. The molecule has 1 heterocycles. The molecule has 0 aliphatic heterocycles. The molecule has 2 rings (SSSR count). The summed E-state index contributed by atoms with van der Waals surface area (Å²) in [5, 5.41) is 14.0. The number of oxazole rings is 1. The van der Waals surface area contributed by atoms with Crippen LogP contribution in [0.15, 0.2) is 22.6 Å². The second kappa shape index (κ2) is 13.0. The first-order valence-corrected chi connectivity index (χ1v) is 10.8. The molecule has 6 heteroatoms. The summed E-state index contributed by atoms with van der Waals surface area (Å²) < 4.78 is 5.73. The number of unbranched alkanes of at least 4 members (excludes halogenated alkanes) is 8. The predicted molar refractivity (Wildman–Crippen MR) is 114 cm³/mol. The Bertz CT molecular complexity index is 699. The number of rotatable bonds is 15. The topological polar surface area (TPSA) is 87.4 Å². The van der Waals surface area contributed by atoms with Crippen molar-refractivity contribution < 1.29 is 14.3 Å². The Morgan fingerprint density at radius 2 is 1.71 bits per heavy atom. The molecule has 28 heavy (non-hydrogen) atoms. The molecule has 6 nitrogen and oxygen atoms in total. The number of hydrogen-bond donors (Lipinski definition) is 3. The van der Waals surface area contributed by atoms with Gasteiger partial charge in [-0.25, -0.2) is 4.79 Å². The summed E-state index contributed by atoms with van der Waals surface area (Å²) in [7, 11) is 0. The summed E-state index contributed by atoms with van der Waals surface area (Å²) in [6.45, 7) is 3.43. The van der Waals surface area contributed by atoms with Crippen LogP contribution in [0.4, 0.5) is 10.8 Å². The van der Waals surface area contributed by atoms with Gasteiger partial charge in [-0.05, 0) is 43.4 Å². The van der Waals surface area contributed by atoms with E-state index in [1.54, 1.807) is 0 Å². The number of fused-ring (bicyclic) bond motifs is 1. The number of nitrogens with zero attached hydrogens (tertiary/aromatic N) is 1. The zero-order valence-corrected chi connectivity index (χ0v) is 17.1. The Morgan fingerprint density at radius 1 is 1.00 bits per heavy atom. The SMILES string of the molecule is CCCCCCCCCCc1ccc2oc(NCCCCNC(=O)O)nc2c1. The van der Waals surface area contributed by atoms with Crippen molar-refractivity contribution in [2.24, 2.45) is 0 Å². The van der Waals surface area contributed by atoms with E-state index in [-0.39, 0.29) is 0 Å². The molecule has 0 aliphatic carbocycles. The van der Waals surface area contributed by atoms with Crippen LogP contribution in [0, 0.1) is 0 Å². The van der Waals surface area contributed by atoms with E-state index in [0.717, 1.165) is 30.4 Å². The lowest BCUT2D eigenvalue weighted by Crippen LogP contribution is -2.22. The van der Waals surface area contributed by atoms with Gasteiger partial charge < -0.3 is 20.2 Å². The van der Waals surface area contributed by atoms with Crippen LogP contribution in [0.5, 0.6) is 0 Å². The lowest BCUT2D eigenvalue weighted by Gasteiger charge is -2.02. The molecule has 0 bridgehead atoms. The average Bonchev–Trinajstić information content (AvgIpc) is 3.08. The number of benzene rings is 1. The first kappa shape index (κ1) is 22.1. The van der Waals surface area contributed by atoms with Crippen LogP contribution < -0.4 is 10.6 Å². The Kier molecular flexibility index (Phi) is 10.3. The van der Waals surface area contributed by atoms with Crippen molar-refractivity contribution in [3.63, 3.8) is 0 Å². The van der Waals surface area contributed by atoms with E-state index in [1.807, 2.05) is 6.07 Å². The van der Waals surface area contributed by atoms with Crippen molar-refractivity contribution in [1.82, 2.24) is 10.3 Å². The van der Waals surface area contributed by atoms with Crippen LogP contribution in [0.25, 0.3) is 11.1 Å². The molecule has 0 atom stereocenters. The number of carbonyl (C=O) groups is 1. The number of anilines is 1. The summed E-state index contributed by atoms with van der Waals surface area (Å²) in [4.78, 5) is 14.9. The molecule has 0 saturated carbocycles. The highest BCUT2D eigenvalue weighted by atomic mass is 16.4. The van der Waals surface area contributed by atoms with Crippen molar-refractivity contribution in [2.75, 3.05) is 18.4 Å². The van der Waals surface area contributed by atoms with Crippen LogP contribution in [0.3, 0.4) is 0 Å². The lowest BCUT2D eigenvalue weighted by molar-refractivity contribution is 0.194. The van der Waals surface area contributed by atoms with Gasteiger partial charge in [-0.15, -0.1) is 0 Å². The molecule has 156 valence electrons. The molecule has 0 unspecified atom stereocenters. The molecule has 1 aromatic carbocycles. The van der Waals surface area contributed by atoms with Gasteiger partial charge in [0.15, 0.2) is 5.58 Å². The highest BCUT2D eigenvalue weighted by molar-refractivity contribution is 5.75. The Hall–Kier alpha value is -2.24. The molecule has 0 radical (unpaired) electrons. The summed E-state index contributed by atoms with van der Waals surface area (Å²) in [6.07, 6.45) is 12.4. The first-order valence-electron chi connectivity index (χ1n) is 10.8. The largest absolute Gasteiger partial charge is 0.465 e. The van der Waals surface area contributed by atoms with Gasteiger partial charge in [-0.2, -0.15) is 4.98 Å². The summed E-state index contributed by atoms with van der Waals surface area (Å²) in [6, 6.07) is 6.80. The molecule has 1 aromatic heterocycles. The maximum atomic E-state index is 10.4. The van der Waals surface area contributed by atoms with Gasteiger partial charge in [-0.3, -0.25) is 0 Å². The second-order valence-corrected chi connectivity index (χ2v) is 7.41. The van der Waals surface area contributed by atoms with Crippen LogP contribution in [0.1, 0.15) is 76.7 Å². The maximum Gasteiger partial charge on any atom is 0.404 e. The monoisotopic (exact) mass is 389 g/mol. The van der Waals surface area contributed by atoms with E-state index < -0.39 is 6.09 Å². The minimum absolute atomic E-state index is 0.465. The van der Waals surface area contributed by atoms with Gasteiger partial charge >= 0.3 is 6.09 Å². The van der Waals surface area contributed by atoms with Crippen LogP contribution in [-0.2, 0) is 6.42 Å². The van der Waals surface area contributed by atoms with Crippen molar-refractivity contribution in [2.45, 2.75) is 77.6 Å². The van der Waals surface area contributed by atoms with Crippen molar-refractivity contribution in [3.8, 4) is 0 Å². The van der Waals surface area contributed by atoms with E-state index in [2.05, 4.69) is 34.7 Å². The lowest BCUT2D eigenvalue weighted by atomic mass is 10.0. The average molecular weight is 390 g/mol. The highest BCUT2D eigenvalue weighted by Gasteiger charge is 2.06. The van der Waals surface area contributed by atoms with Gasteiger partial charge in [0, 0.05) is 13.1 Å². The Morgan fingerprint density at radius 3 is 2.46 bits per heavy atom. The summed E-state index contributed by atoms with van der Waals surface area (Å²) >= 11 is 0. The number of nitrogens with one attached hydrogen (secondary N) is 2. The number of carboxylic acid groups (broad SMARTS) is 1. The van der Waals surface area contributed by atoms with Crippen LogP contribution in [0.2, 0.25) is 0 Å². The molecule has 2 aromatic rings. The maximum absolute atomic E-state index is 10.4. The first-order chi connectivity index (χ1) is 13.7. The Balaban J connectivity index is 1.65. The predicted octanol–water partition coefficient (Wildman–Crippen LogP) is 5.97. The molecule has 1 amide bonds. The zero-order chi connectivity index (χ0) is 20.0. The standard InChI is InChI=1S/C22H35N3O3/c1-2-3-4-5-6-7-8-9-12-18-13-14-20-19(17-18)25-21(28-20)23-15-10-11-16-24-22(26)27/h13-14,17,24H,2-12,15-16H2,1H3,(H,23,25)(H,26,27). The number of hydrogen-bond acceptors (Lipinski definition) is 4. The normalized spacial score (nSPS) is 11.0. The highest BCUT2D eigenvalue weighted by Crippen LogP contribution is 2.21. The molecule has 0 spiro atoms. The third-order valence-corrected chi connectivity index (χ3v) is 4.93. The van der Waals surface area contributed by atoms with E-state index in [1.165, 1.54) is 56.9 Å². The molecule has 0 fully saturated rings. The van der Waals surface area contributed by atoms with Crippen molar-refractivity contribution in [1.29, 1.82) is 0 Å². The third kappa shape index (κ3) is 8.63. The van der Waals surface area contributed by atoms with E-state index >= 15 is 0 Å². The van der Waals surface area contributed by atoms with Crippen LogP contribution in [-0.4, -0.2) is 29.3 Å². The fourth-order valence-electron chi connectivity index (χ4n) is 3.31. The van der Waals surface area contributed by atoms with Crippen LogP contribution >= 0.6 is 0 Å². The van der Waals surface area contributed by atoms with E-state index in [4.69, 9.17) is 9.52 Å². The molecule has 0 saturated heterocycles. The summed E-state index contributed by atoms with van der Waals surface area (Å²) in [5.41, 5.74) is 3.01. The quantitative estimate of drug-likeness (QED) is 0.327. The fourth-order valence-corrected chi connectivity index (χ4v) is 3.31. The van der Waals surface area contributed by atoms with Gasteiger partial charge in [0.05, 0.1) is 0 Å². The summed E-state index contributed by atoms with van der Waals surface area (Å²) in [5.74, 6) is 0. The number of aryl methyl sites for hydroxylation is 1. The molecular formula is C22H35N3O3. The zero-order valence-electron chi connectivity index (χ0n) is 17.1. The van der Waals surface area contributed by atoms with Crippen molar-refractivity contribution in [3.05, 3.63) is 23.8 Å². The minimum Gasteiger partial charge on any atom is -0.465 e. The fraction of sp³-hybridized carbons (Fsp3) is 0.636. The third-order valence-electron chi connectivity index (χ3n) is 4.93. The van der Waals surface area contributed by atoms with Crippen molar-refractivity contribution >= 4 is 23.2 Å². The smallest absolute Gasteiger partial charge is 0.404 e. The molecule has 3 N–H and O–H groups in total. The number of amides is 1. The molecular weight excluding hydrogens is 354 g/mol. The van der Waals surface area contributed by atoms with Gasteiger partial charge in [0.2, 0.25) is 0 Å². The van der Waals surface area contributed by atoms with Gasteiger partial charge in [0.1, 0.15) is 5.52 Å². The van der Waals surface area contributed by atoms with Gasteiger partial charge in [0.25, 0.3) is 6.01 Å². The van der Waals surface area contributed by atoms with Gasteiger partial charge in [-0.1, -0.05) is 57.9 Å². The van der Waals surface area contributed by atoms with E-state index in [0.29, 0.717) is 19.1 Å².